The predicted octanol–water partition coefficient (Wildman–Crippen LogP) is 1.54. The Balaban J connectivity index is 1.95. The zero-order valence-corrected chi connectivity index (χ0v) is 10.8. The van der Waals surface area contributed by atoms with Crippen LogP contribution in [0.15, 0.2) is 4.52 Å². The number of aliphatic hydroxyl groups excluding tert-OH is 1. The number of nitrogens with zero attached hydrogens (tertiary/aromatic N) is 3. The molecule has 1 aliphatic rings. The van der Waals surface area contributed by atoms with Crippen LogP contribution in [-0.2, 0) is 6.54 Å². The predicted molar refractivity (Wildman–Crippen MR) is 63.5 cm³/mol. The fourth-order valence-electron chi connectivity index (χ4n) is 1.81. The highest BCUT2D eigenvalue weighted by atomic mass is 16.5. The molecule has 1 saturated carbocycles. The molecule has 1 N–H and O–H groups in total. The molecule has 1 unspecified atom stereocenters. The Hall–Kier alpha value is -0.940. The molecule has 1 aliphatic carbocycles. The molecule has 0 bridgehead atoms. The van der Waals surface area contributed by atoms with Gasteiger partial charge in [0, 0.05) is 18.5 Å². The minimum Gasteiger partial charge on any atom is -0.392 e. The summed E-state index contributed by atoms with van der Waals surface area (Å²) in [4.78, 5) is 6.53. The van der Waals surface area contributed by atoms with Crippen LogP contribution in [0.5, 0.6) is 0 Å². The van der Waals surface area contributed by atoms with Gasteiger partial charge in [-0.25, -0.2) is 0 Å². The fourth-order valence-corrected chi connectivity index (χ4v) is 1.81. The lowest BCUT2D eigenvalue weighted by Crippen LogP contribution is -2.36. The fraction of sp³-hybridized carbons (Fsp3) is 0.833. The molecule has 0 aromatic carbocycles. The number of rotatable bonds is 6. The third-order valence-corrected chi connectivity index (χ3v) is 2.99. The monoisotopic (exact) mass is 239 g/mol. The van der Waals surface area contributed by atoms with Crippen LogP contribution in [0.1, 0.15) is 51.2 Å². The summed E-state index contributed by atoms with van der Waals surface area (Å²) in [6.07, 6.45) is 2.02. The second kappa shape index (κ2) is 5.14. The van der Waals surface area contributed by atoms with Crippen LogP contribution >= 0.6 is 0 Å². The molecule has 96 valence electrons. The average molecular weight is 239 g/mol. The Morgan fingerprint density at radius 1 is 1.41 bits per heavy atom. The van der Waals surface area contributed by atoms with E-state index in [9.17, 15) is 5.11 Å². The summed E-state index contributed by atoms with van der Waals surface area (Å²) in [6.45, 7) is 7.22. The third kappa shape index (κ3) is 3.51. The maximum atomic E-state index is 9.44. The lowest BCUT2D eigenvalue weighted by atomic mass is 10.2. The quantitative estimate of drug-likeness (QED) is 0.815. The van der Waals surface area contributed by atoms with Gasteiger partial charge in [0.15, 0.2) is 5.82 Å². The number of hydrogen-bond acceptors (Lipinski definition) is 5. The van der Waals surface area contributed by atoms with E-state index in [1.807, 2.05) is 0 Å². The summed E-state index contributed by atoms with van der Waals surface area (Å²) in [7, 11) is 0. The van der Waals surface area contributed by atoms with Crippen LogP contribution in [0, 0.1) is 0 Å². The highest BCUT2D eigenvalue weighted by Gasteiger charge is 2.29. The van der Waals surface area contributed by atoms with Gasteiger partial charge in [-0.3, -0.25) is 4.90 Å². The Bertz CT molecular complexity index is 358. The number of aromatic nitrogens is 2. The Morgan fingerprint density at radius 2 is 2.12 bits per heavy atom. The summed E-state index contributed by atoms with van der Waals surface area (Å²) in [5.74, 6) is 2.03. The maximum absolute atomic E-state index is 9.44. The second-order valence-corrected chi connectivity index (χ2v) is 5.19. The van der Waals surface area contributed by atoms with E-state index in [2.05, 4.69) is 28.9 Å². The Labute approximate surface area is 102 Å². The van der Waals surface area contributed by atoms with E-state index in [0.29, 0.717) is 30.9 Å². The van der Waals surface area contributed by atoms with Gasteiger partial charge in [0.1, 0.15) is 0 Å². The van der Waals surface area contributed by atoms with Gasteiger partial charge in [-0.2, -0.15) is 4.98 Å². The molecule has 5 heteroatoms. The first-order valence-electron chi connectivity index (χ1n) is 6.31. The second-order valence-electron chi connectivity index (χ2n) is 5.19. The molecule has 0 saturated heterocycles. The van der Waals surface area contributed by atoms with Gasteiger partial charge in [0.2, 0.25) is 5.89 Å². The van der Waals surface area contributed by atoms with Crippen molar-refractivity contribution in [2.24, 2.45) is 0 Å². The zero-order chi connectivity index (χ0) is 12.4. The molecule has 5 nitrogen and oxygen atoms in total. The molecule has 1 atom stereocenters. The van der Waals surface area contributed by atoms with Gasteiger partial charge in [-0.1, -0.05) is 5.16 Å². The molecule has 0 radical (unpaired) electrons. The molecule has 2 rings (SSSR count). The third-order valence-electron chi connectivity index (χ3n) is 2.99. The summed E-state index contributed by atoms with van der Waals surface area (Å²) in [5, 5.41) is 13.4. The molecule has 17 heavy (non-hydrogen) atoms. The maximum Gasteiger partial charge on any atom is 0.240 e. The molecule has 1 aromatic heterocycles. The van der Waals surface area contributed by atoms with Crippen molar-refractivity contribution in [1.29, 1.82) is 0 Å². The van der Waals surface area contributed by atoms with Gasteiger partial charge < -0.3 is 9.63 Å². The molecular weight excluding hydrogens is 218 g/mol. The van der Waals surface area contributed by atoms with E-state index < -0.39 is 0 Å². The minimum atomic E-state index is -0.344. The molecule has 0 amide bonds. The van der Waals surface area contributed by atoms with Crippen LogP contribution in [0.4, 0.5) is 0 Å². The molecule has 1 fully saturated rings. The van der Waals surface area contributed by atoms with Crippen molar-refractivity contribution in [2.45, 2.75) is 58.2 Å². The van der Waals surface area contributed by atoms with Crippen molar-refractivity contribution in [2.75, 3.05) is 6.54 Å². The Kier molecular flexibility index (Phi) is 3.79. The lowest BCUT2D eigenvalue weighted by molar-refractivity contribution is 0.0943. The standard InChI is InChI=1S/C12H21N3O2/c1-8(2)15(6-9(3)16)7-11-13-12(14-17-11)10-4-5-10/h8-10,16H,4-7H2,1-3H3. The first-order chi connectivity index (χ1) is 8.06. The van der Waals surface area contributed by atoms with Crippen molar-refractivity contribution in [3.63, 3.8) is 0 Å². The molecule has 0 spiro atoms. The highest BCUT2D eigenvalue weighted by molar-refractivity contribution is 5.03. The van der Waals surface area contributed by atoms with E-state index >= 15 is 0 Å². The van der Waals surface area contributed by atoms with Crippen LogP contribution in [0.2, 0.25) is 0 Å². The highest BCUT2D eigenvalue weighted by Crippen LogP contribution is 2.38. The van der Waals surface area contributed by atoms with Gasteiger partial charge in [0.25, 0.3) is 0 Å². The van der Waals surface area contributed by atoms with Crippen LogP contribution in [0.25, 0.3) is 0 Å². The lowest BCUT2D eigenvalue weighted by Gasteiger charge is -2.25. The van der Waals surface area contributed by atoms with Crippen LogP contribution in [0.3, 0.4) is 0 Å². The minimum absolute atomic E-state index is 0.344. The van der Waals surface area contributed by atoms with Crippen LogP contribution in [-0.4, -0.2) is 38.8 Å². The summed E-state index contributed by atoms with van der Waals surface area (Å²) >= 11 is 0. The first kappa shape index (κ1) is 12.5. The van der Waals surface area contributed by atoms with Gasteiger partial charge >= 0.3 is 0 Å². The normalized spacial score (nSPS) is 18.0. The van der Waals surface area contributed by atoms with Crippen LogP contribution < -0.4 is 0 Å². The van der Waals surface area contributed by atoms with E-state index in [0.717, 1.165) is 5.82 Å². The molecular formula is C12H21N3O2. The first-order valence-corrected chi connectivity index (χ1v) is 6.31. The topological polar surface area (TPSA) is 62.4 Å². The van der Waals surface area contributed by atoms with Crippen molar-refractivity contribution in [3.8, 4) is 0 Å². The van der Waals surface area contributed by atoms with Gasteiger partial charge in [-0.05, 0) is 33.6 Å². The zero-order valence-electron chi connectivity index (χ0n) is 10.8. The molecule has 0 aliphatic heterocycles. The van der Waals surface area contributed by atoms with E-state index in [1.165, 1.54) is 12.8 Å². The molecule has 1 aromatic rings. The SMILES string of the molecule is CC(O)CN(Cc1nc(C2CC2)no1)C(C)C. The van der Waals surface area contributed by atoms with E-state index in [1.54, 1.807) is 6.92 Å². The Morgan fingerprint density at radius 3 is 2.65 bits per heavy atom. The van der Waals surface area contributed by atoms with Crippen molar-refractivity contribution >= 4 is 0 Å². The largest absolute Gasteiger partial charge is 0.392 e. The van der Waals surface area contributed by atoms with Crippen molar-refractivity contribution < 1.29 is 9.63 Å². The van der Waals surface area contributed by atoms with Crippen molar-refractivity contribution in [3.05, 3.63) is 11.7 Å². The summed E-state index contributed by atoms with van der Waals surface area (Å²) in [5.41, 5.74) is 0. The van der Waals surface area contributed by atoms with E-state index in [4.69, 9.17) is 4.52 Å². The number of hydrogen-bond donors (Lipinski definition) is 1. The summed E-state index contributed by atoms with van der Waals surface area (Å²) in [6, 6.07) is 0.348. The van der Waals surface area contributed by atoms with E-state index in [-0.39, 0.29) is 6.10 Å². The number of aliphatic hydroxyl groups is 1. The van der Waals surface area contributed by atoms with Crippen molar-refractivity contribution in [1.82, 2.24) is 15.0 Å². The van der Waals surface area contributed by atoms with Gasteiger partial charge in [0.05, 0.1) is 12.6 Å². The smallest absolute Gasteiger partial charge is 0.240 e. The average Bonchev–Trinajstić information content (AvgIpc) is 2.98. The van der Waals surface area contributed by atoms with Gasteiger partial charge in [-0.15, -0.1) is 0 Å². The molecule has 1 heterocycles. The summed E-state index contributed by atoms with van der Waals surface area (Å²) < 4.78 is 5.24.